The van der Waals surface area contributed by atoms with Gasteiger partial charge >= 0.3 is 18.1 Å². The van der Waals surface area contributed by atoms with Crippen LogP contribution >= 0.6 is 11.6 Å². The molecule has 0 aromatic heterocycles. The van der Waals surface area contributed by atoms with Crippen molar-refractivity contribution in [3.05, 3.63) is 88.4 Å². The fourth-order valence-corrected chi connectivity index (χ4v) is 4.82. The quantitative estimate of drug-likeness (QED) is 0.284. The molecule has 4 N–H and O–H groups in total. The highest BCUT2D eigenvalue weighted by atomic mass is 35.5. The highest BCUT2D eigenvalue weighted by molar-refractivity contribution is 6.30. The van der Waals surface area contributed by atoms with Crippen molar-refractivity contribution in [2.75, 3.05) is 48.8 Å². The van der Waals surface area contributed by atoms with Gasteiger partial charge < -0.3 is 35.6 Å². The Balaban J connectivity index is 1.59. The third kappa shape index (κ3) is 7.91. The number of aliphatic carboxylic acids is 1. The number of hydrogen-bond donors (Lipinski definition) is 4. The van der Waals surface area contributed by atoms with Crippen LogP contribution in [0.5, 0.6) is 0 Å². The lowest BCUT2D eigenvalue weighted by atomic mass is 10.0. The van der Waals surface area contributed by atoms with Gasteiger partial charge in [-0.3, -0.25) is 9.59 Å². The number of urea groups is 1. The van der Waals surface area contributed by atoms with Crippen LogP contribution in [0.15, 0.2) is 66.7 Å². The molecule has 1 atom stereocenters. The number of carboxylic acid groups (broad SMARTS) is 1. The maximum Gasteiger partial charge on any atom is 0.409 e. The van der Waals surface area contributed by atoms with Gasteiger partial charge in [0.25, 0.3) is 5.91 Å². The monoisotopic (exact) mass is 593 g/mol. The lowest BCUT2D eigenvalue weighted by Crippen LogP contribution is -2.49. The van der Waals surface area contributed by atoms with Crippen molar-refractivity contribution in [1.82, 2.24) is 10.2 Å². The summed E-state index contributed by atoms with van der Waals surface area (Å²) in [6, 6.07) is 17.5. The summed E-state index contributed by atoms with van der Waals surface area (Å²) >= 11 is 6.04. The van der Waals surface area contributed by atoms with E-state index in [1.165, 1.54) is 7.11 Å². The van der Waals surface area contributed by atoms with Crippen molar-refractivity contribution in [3.63, 3.8) is 0 Å². The van der Waals surface area contributed by atoms with Crippen LogP contribution in [0.4, 0.5) is 26.7 Å². The maximum atomic E-state index is 13.4. The molecular weight excluding hydrogens is 562 g/mol. The Morgan fingerprint density at radius 1 is 0.952 bits per heavy atom. The van der Waals surface area contributed by atoms with E-state index in [4.69, 9.17) is 16.3 Å². The normalized spacial score (nSPS) is 13.6. The van der Waals surface area contributed by atoms with Crippen molar-refractivity contribution < 1.29 is 29.0 Å². The van der Waals surface area contributed by atoms with Crippen LogP contribution in [0.3, 0.4) is 0 Å². The summed E-state index contributed by atoms with van der Waals surface area (Å²) < 4.78 is 4.82. The number of halogens is 1. The lowest BCUT2D eigenvalue weighted by molar-refractivity contribution is -0.137. The number of nitrogens with zero attached hydrogens (tertiary/aromatic N) is 2. The molecule has 42 heavy (non-hydrogen) atoms. The van der Waals surface area contributed by atoms with E-state index in [-0.39, 0.29) is 12.0 Å². The minimum atomic E-state index is -1.05. The number of rotatable bonds is 8. The molecule has 11 nitrogen and oxygen atoms in total. The fourth-order valence-electron chi connectivity index (χ4n) is 4.63. The number of ether oxygens (including phenoxy) is 1. The van der Waals surface area contributed by atoms with Crippen LogP contribution in [0.1, 0.15) is 33.9 Å². The summed E-state index contributed by atoms with van der Waals surface area (Å²) in [6.07, 6.45) is -0.713. The summed E-state index contributed by atoms with van der Waals surface area (Å²) in [5.74, 6) is -1.55. The summed E-state index contributed by atoms with van der Waals surface area (Å²) in [4.78, 5) is 53.4. The molecule has 1 aliphatic rings. The largest absolute Gasteiger partial charge is 0.481 e. The summed E-state index contributed by atoms with van der Waals surface area (Å²) in [5, 5.41) is 18.3. The summed E-state index contributed by atoms with van der Waals surface area (Å²) in [6.45, 7) is 3.69. The first kappa shape index (κ1) is 30.2. The number of amides is 4. The second kappa shape index (κ2) is 13.7. The van der Waals surface area contributed by atoms with Gasteiger partial charge in [-0.05, 0) is 48.9 Å². The Kier molecular flexibility index (Phi) is 9.87. The minimum Gasteiger partial charge on any atom is -0.481 e. The van der Waals surface area contributed by atoms with E-state index in [9.17, 15) is 24.3 Å². The molecule has 0 bridgehead atoms. The van der Waals surface area contributed by atoms with Gasteiger partial charge in [0.1, 0.15) is 0 Å². The fraction of sp³-hybridized carbons (Fsp3) is 0.267. The van der Waals surface area contributed by atoms with Gasteiger partial charge in [0, 0.05) is 42.5 Å². The van der Waals surface area contributed by atoms with Gasteiger partial charge in [0.05, 0.1) is 30.9 Å². The van der Waals surface area contributed by atoms with Crippen molar-refractivity contribution in [1.29, 1.82) is 0 Å². The topological polar surface area (TPSA) is 140 Å². The molecule has 4 rings (SSSR count). The molecule has 1 heterocycles. The van der Waals surface area contributed by atoms with Crippen LogP contribution in [0.2, 0.25) is 5.02 Å². The Morgan fingerprint density at radius 2 is 1.67 bits per heavy atom. The van der Waals surface area contributed by atoms with Gasteiger partial charge in [-0.25, -0.2) is 9.59 Å². The lowest BCUT2D eigenvalue weighted by Gasteiger charge is -2.36. The molecule has 220 valence electrons. The SMILES string of the molecule is COC(=O)N1CCN(c2ccc(C(=O)NC(CC(=O)O)c3ccc(C)cc3)cc2NC(=O)Nc2cccc(Cl)c2)CC1. The predicted molar refractivity (Wildman–Crippen MR) is 160 cm³/mol. The zero-order valence-corrected chi connectivity index (χ0v) is 24.0. The van der Waals surface area contributed by atoms with Crippen LogP contribution in [-0.4, -0.2) is 67.3 Å². The number of carbonyl (C=O) groups excluding carboxylic acids is 3. The molecule has 1 saturated heterocycles. The molecule has 0 saturated carbocycles. The van der Waals surface area contributed by atoms with Crippen molar-refractivity contribution in [2.45, 2.75) is 19.4 Å². The van der Waals surface area contributed by atoms with E-state index in [1.807, 2.05) is 24.0 Å². The number of aryl methyl sites for hydroxylation is 1. The highest BCUT2D eigenvalue weighted by Crippen LogP contribution is 2.30. The average molecular weight is 594 g/mol. The molecular formula is C30H32ClN5O6. The molecule has 1 fully saturated rings. The Bertz CT molecular complexity index is 1460. The second-order valence-corrected chi connectivity index (χ2v) is 10.2. The maximum absolute atomic E-state index is 13.4. The molecule has 3 aromatic carbocycles. The zero-order valence-electron chi connectivity index (χ0n) is 23.2. The Morgan fingerprint density at radius 3 is 2.31 bits per heavy atom. The van der Waals surface area contributed by atoms with Crippen LogP contribution in [0.25, 0.3) is 0 Å². The number of carbonyl (C=O) groups is 4. The number of benzene rings is 3. The number of nitrogens with one attached hydrogen (secondary N) is 3. The van der Waals surface area contributed by atoms with Crippen LogP contribution < -0.4 is 20.9 Å². The zero-order chi connectivity index (χ0) is 30.2. The van der Waals surface area contributed by atoms with Gasteiger partial charge in [-0.2, -0.15) is 0 Å². The average Bonchev–Trinajstić information content (AvgIpc) is 2.96. The van der Waals surface area contributed by atoms with Gasteiger partial charge in [0.2, 0.25) is 0 Å². The number of carboxylic acids is 1. The van der Waals surface area contributed by atoms with E-state index in [2.05, 4.69) is 16.0 Å². The Labute approximate surface area is 248 Å². The van der Waals surface area contributed by atoms with Crippen LogP contribution in [0, 0.1) is 6.92 Å². The highest BCUT2D eigenvalue weighted by Gasteiger charge is 2.25. The molecule has 1 aliphatic heterocycles. The van der Waals surface area contributed by atoms with Crippen molar-refractivity contribution in [3.8, 4) is 0 Å². The van der Waals surface area contributed by atoms with E-state index in [0.717, 1.165) is 5.56 Å². The predicted octanol–water partition coefficient (Wildman–Crippen LogP) is 5.13. The third-order valence-electron chi connectivity index (χ3n) is 6.81. The van der Waals surface area contributed by atoms with E-state index < -0.39 is 30.0 Å². The first-order valence-electron chi connectivity index (χ1n) is 13.3. The van der Waals surface area contributed by atoms with Gasteiger partial charge in [-0.15, -0.1) is 0 Å². The van der Waals surface area contributed by atoms with E-state index in [0.29, 0.717) is 53.8 Å². The van der Waals surface area contributed by atoms with Gasteiger partial charge in [0.15, 0.2) is 0 Å². The number of hydrogen-bond acceptors (Lipinski definition) is 6. The first-order chi connectivity index (χ1) is 20.1. The van der Waals surface area contributed by atoms with E-state index >= 15 is 0 Å². The summed E-state index contributed by atoms with van der Waals surface area (Å²) in [7, 11) is 1.33. The Hall–Kier alpha value is -4.77. The molecule has 0 spiro atoms. The van der Waals surface area contributed by atoms with Crippen molar-refractivity contribution >= 4 is 52.7 Å². The van der Waals surface area contributed by atoms with Crippen LogP contribution in [-0.2, 0) is 9.53 Å². The molecule has 0 radical (unpaired) electrons. The number of piperazine rings is 1. The first-order valence-corrected chi connectivity index (χ1v) is 13.7. The standard InChI is InChI=1S/C30H32ClN5O6/c1-19-6-8-20(9-7-19)24(18-27(37)38)33-28(39)21-10-11-26(35-12-14-36(15-13-35)30(41)42-2)25(16-21)34-29(40)32-23-5-3-4-22(31)17-23/h3-11,16-17,24H,12-15,18H2,1-2H3,(H,33,39)(H,37,38)(H2,32,34,40). The van der Waals surface area contributed by atoms with E-state index in [1.54, 1.807) is 59.5 Å². The molecule has 0 aliphatic carbocycles. The molecule has 4 amide bonds. The smallest absolute Gasteiger partial charge is 0.409 e. The molecule has 12 heteroatoms. The third-order valence-corrected chi connectivity index (χ3v) is 7.04. The second-order valence-electron chi connectivity index (χ2n) is 9.80. The minimum absolute atomic E-state index is 0.229. The van der Waals surface area contributed by atoms with Gasteiger partial charge in [-0.1, -0.05) is 47.5 Å². The number of anilines is 3. The summed E-state index contributed by atoms with van der Waals surface area (Å²) in [5.41, 5.74) is 3.39. The molecule has 3 aromatic rings. The number of methoxy groups -OCH3 is 1. The molecule has 1 unspecified atom stereocenters. The van der Waals surface area contributed by atoms with Crippen molar-refractivity contribution in [2.24, 2.45) is 0 Å².